The van der Waals surface area contributed by atoms with Crippen molar-refractivity contribution in [1.29, 1.82) is 0 Å². The first kappa shape index (κ1) is 18.0. The summed E-state index contributed by atoms with van der Waals surface area (Å²) < 4.78 is 4.94. The second-order valence-electron chi connectivity index (χ2n) is 7.74. The lowest BCUT2D eigenvalue weighted by Gasteiger charge is -2.43. The average Bonchev–Trinajstić information content (AvgIpc) is 2.45. The Morgan fingerprint density at radius 2 is 1.91 bits per heavy atom. The molecular weight excluding hydrogens is 288 g/mol. The van der Waals surface area contributed by atoms with Crippen molar-refractivity contribution >= 4 is 5.91 Å². The number of rotatable bonds is 6. The molecule has 1 unspecified atom stereocenters. The summed E-state index contributed by atoms with van der Waals surface area (Å²) in [6.07, 6.45) is 3.43. The SMILES string of the molecule is COCC(N)C(=O)NCC1(c2ccc(C(C)(C)C)cc2)CCC1. The summed E-state index contributed by atoms with van der Waals surface area (Å²) in [7, 11) is 1.55. The van der Waals surface area contributed by atoms with Crippen LogP contribution in [0.25, 0.3) is 0 Å². The maximum absolute atomic E-state index is 12.0. The molecule has 1 amide bonds. The van der Waals surface area contributed by atoms with E-state index in [4.69, 9.17) is 10.5 Å². The van der Waals surface area contributed by atoms with E-state index in [0.717, 1.165) is 12.8 Å². The Balaban J connectivity index is 2.05. The van der Waals surface area contributed by atoms with Gasteiger partial charge in [-0.1, -0.05) is 51.5 Å². The van der Waals surface area contributed by atoms with Crippen LogP contribution in [0.4, 0.5) is 0 Å². The van der Waals surface area contributed by atoms with Gasteiger partial charge >= 0.3 is 0 Å². The van der Waals surface area contributed by atoms with Gasteiger partial charge < -0.3 is 15.8 Å². The van der Waals surface area contributed by atoms with E-state index in [2.05, 4.69) is 50.4 Å². The van der Waals surface area contributed by atoms with Crippen LogP contribution < -0.4 is 11.1 Å². The zero-order valence-corrected chi connectivity index (χ0v) is 14.8. The topological polar surface area (TPSA) is 64.3 Å². The summed E-state index contributed by atoms with van der Waals surface area (Å²) in [5.74, 6) is -0.135. The molecule has 0 heterocycles. The van der Waals surface area contributed by atoms with Gasteiger partial charge in [-0.15, -0.1) is 0 Å². The van der Waals surface area contributed by atoms with Crippen molar-refractivity contribution in [1.82, 2.24) is 5.32 Å². The van der Waals surface area contributed by atoms with Gasteiger partial charge in [-0.05, 0) is 29.4 Å². The molecule has 1 aliphatic carbocycles. The first-order valence-corrected chi connectivity index (χ1v) is 8.42. The fourth-order valence-electron chi connectivity index (χ4n) is 3.14. The average molecular weight is 318 g/mol. The Hall–Kier alpha value is -1.39. The molecule has 23 heavy (non-hydrogen) atoms. The number of carbonyl (C=O) groups excluding carboxylic acids is 1. The van der Waals surface area contributed by atoms with E-state index in [1.54, 1.807) is 7.11 Å². The maximum atomic E-state index is 12.0. The quantitative estimate of drug-likeness (QED) is 0.847. The van der Waals surface area contributed by atoms with Gasteiger partial charge in [0.2, 0.25) is 5.91 Å². The number of carbonyl (C=O) groups is 1. The molecule has 0 spiro atoms. The second kappa shape index (κ2) is 7.02. The number of benzene rings is 1. The molecule has 4 heteroatoms. The summed E-state index contributed by atoms with van der Waals surface area (Å²) in [5, 5.41) is 3.01. The molecule has 1 fully saturated rings. The van der Waals surface area contributed by atoms with Gasteiger partial charge in [0, 0.05) is 19.1 Å². The third-order valence-electron chi connectivity index (χ3n) is 4.96. The van der Waals surface area contributed by atoms with Gasteiger partial charge in [0.1, 0.15) is 6.04 Å². The standard InChI is InChI=1S/C19H30N2O2/c1-18(2,3)14-6-8-15(9-7-14)19(10-5-11-19)13-21-17(22)16(20)12-23-4/h6-9,16H,5,10-13,20H2,1-4H3,(H,21,22). The normalized spacial score (nSPS) is 18.1. The lowest BCUT2D eigenvalue weighted by molar-refractivity contribution is -0.123. The van der Waals surface area contributed by atoms with Crippen molar-refractivity contribution in [3.8, 4) is 0 Å². The first-order valence-electron chi connectivity index (χ1n) is 8.42. The lowest BCUT2D eigenvalue weighted by atomic mass is 9.64. The van der Waals surface area contributed by atoms with Crippen LogP contribution >= 0.6 is 0 Å². The van der Waals surface area contributed by atoms with Gasteiger partial charge in [0.05, 0.1) is 6.61 Å². The van der Waals surface area contributed by atoms with Crippen LogP contribution in [0.3, 0.4) is 0 Å². The molecule has 3 N–H and O–H groups in total. The molecule has 1 atom stereocenters. The molecule has 0 saturated heterocycles. The molecule has 1 saturated carbocycles. The second-order valence-corrected chi connectivity index (χ2v) is 7.74. The molecule has 0 aliphatic heterocycles. The van der Waals surface area contributed by atoms with E-state index in [0.29, 0.717) is 6.54 Å². The smallest absolute Gasteiger partial charge is 0.239 e. The number of nitrogens with one attached hydrogen (secondary N) is 1. The third-order valence-corrected chi connectivity index (χ3v) is 4.96. The van der Waals surface area contributed by atoms with Crippen molar-refractivity contribution in [2.24, 2.45) is 5.73 Å². The van der Waals surface area contributed by atoms with Crippen molar-refractivity contribution in [2.75, 3.05) is 20.3 Å². The molecule has 2 rings (SSSR count). The van der Waals surface area contributed by atoms with Crippen LogP contribution in [0.15, 0.2) is 24.3 Å². The van der Waals surface area contributed by atoms with Crippen LogP contribution in [0.2, 0.25) is 0 Å². The van der Waals surface area contributed by atoms with Crippen molar-refractivity contribution < 1.29 is 9.53 Å². The van der Waals surface area contributed by atoms with Crippen LogP contribution in [-0.2, 0) is 20.4 Å². The van der Waals surface area contributed by atoms with Crippen LogP contribution in [0.1, 0.15) is 51.2 Å². The summed E-state index contributed by atoms with van der Waals surface area (Å²) in [4.78, 5) is 12.0. The molecular formula is C19H30N2O2. The zero-order chi connectivity index (χ0) is 17.1. The van der Waals surface area contributed by atoms with E-state index in [9.17, 15) is 4.79 Å². The highest BCUT2D eigenvalue weighted by molar-refractivity contribution is 5.81. The number of nitrogens with two attached hydrogens (primary N) is 1. The highest BCUT2D eigenvalue weighted by atomic mass is 16.5. The van der Waals surface area contributed by atoms with E-state index < -0.39 is 6.04 Å². The Labute approximate surface area is 139 Å². The Morgan fingerprint density at radius 1 is 1.30 bits per heavy atom. The molecule has 1 aromatic carbocycles. The lowest BCUT2D eigenvalue weighted by Crippen LogP contribution is -2.50. The molecule has 128 valence electrons. The van der Waals surface area contributed by atoms with E-state index in [1.165, 1.54) is 17.5 Å². The highest BCUT2D eigenvalue weighted by Gasteiger charge is 2.39. The summed E-state index contributed by atoms with van der Waals surface area (Å²) in [5.41, 5.74) is 8.67. The van der Waals surface area contributed by atoms with Gasteiger partial charge in [-0.25, -0.2) is 0 Å². The monoisotopic (exact) mass is 318 g/mol. The number of ether oxygens (including phenoxy) is 1. The van der Waals surface area contributed by atoms with Crippen molar-refractivity contribution in [3.05, 3.63) is 35.4 Å². The minimum Gasteiger partial charge on any atom is -0.383 e. The van der Waals surface area contributed by atoms with E-state index in [1.807, 2.05) is 0 Å². The van der Waals surface area contributed by atoms with E-state index >= 15 is 0 Å². The molecule has 1 aromatic rings. The molecule has 0 radical (unpaired) electrons. The molecule has 4 nitrogen and oxygen atoms in total. The van der Waals surface area contributed by atoms with Crippen LogP contribution in [0.5, 0.6) is 0 Å². The van der Waals surface area contributed by atoms with Crippen LogP contribution in [0, 0.1) is 0 Å². The summed E-state index contributed by atoms with van der Waals surface area (Å²) in [6, 6.07) is 8.28. The minimum atomic E-state index is -0.597. The summed E-state index contributed by atoms with van der Waals surface area (Å²) >= 11 is 0. The Morgan fingerprint density at radius 3 is 2.35 bits per heavy atom. The number of amides is 1. The Bertz CT molecular complexity index is 527. The fraction of sp³-hybridized carbons (Fsp3) is 0.632. The predicted molar refractivity (Wildman–Crippen MR) is 93.5 cm³/mol. The number of hydrogen-bond donors (Lipinski definition) is 2. The molecule has 1 aliphatic rings. The van der Waals surface area contributed by atoms with Gasteiger partial charge in [0.25, 0.3) is 0 Å². The largest absolute Gasteiger partial charge is 0.383 e. The fourth-order valence-corrected chi connectivity index (χ4v) is 3.14. The van der Waals surface area contributed by atoms with Crippen LogP contribution in [-0.4, -0.2) is 32.2 Å². The first-order chi connectivity index (χ1) is 10.8. The van der Waals surface area contributed by atoms with Gasteiger partial charge in [0.15, 0.2) is 0 Å². The van der Waals surface area contributed by atoms with Crippen molar-refractivity contribution in [3.63, 3.8) is 0 Å². The maximum Gasteiger partial charge on any atom is 0.239 e. The molecule has 0 aromatic heterocycles. The summed E-state index contributed by atoms with van der Waals surface area (Å²) in [6.45, 7) is 7.56. The van der Waals surface area contributed by atoms with Gasteiger partial charge in [-0.2, -0.15) is 0 Å². The predicted octanol–water partition coefficient (Wildman–Crippen LogP) is 2.50. The molecule has 0 bridgehead atoms. The third kappa shape index (κ3) is 4.12. The zero-order valence-electron chi connectivity index (χ0n) is 14.8. The van der Waals surface area contributed by atoms with E-state index in [-0.39, 0.29) is 23.3 Å². The van der Waals surface area contributed by atoms with Crippen molar-refractivity contribution in [2.45, 2.75) is 56.9 Å². The number of hydrogen-bond acceptors (Lipinski definition) is 3. The number of methoxy groups -OCH3 is 1. The highest BCUT2D eigenvalue weighted by Crippen LogP contribution is 2.43. The van der Waals surface area contributed by atoms with Gasteiger partial charge in [-0.3, -0.25) is 4.79 Å². The minimum absolute atomic E-state index is 0.0683. The Kier molecular flexibility index (Phi) is 5.48.